The van der Waals surface area contributed by atoms with Gasteiger partial charge in [-0.15, -0.1) is 0 Å². The molecule has 6 heteroatoms. The molecule has 0 aliphatic rings. The molecule has 0 N–H and O–H groups in total. The van der Waals surface area contributed by atoms with Crippen LogP contribution in [-0.2, 0) is 21.3 Å². The highest BCUT2D eigenvalue weighted by Gasteiger charge is 2.13. The van der Waals surface area contributed by atoms with E-state index in [2.05, 4.69) is 0 Å². The molecule has 0 aliphatic heterocycles. The van der Waals surface area contributed by atoms with Crippen LogP contribution in [0.4, 0.5) is 0 Å². The number of aldehydes is 1. The van der Waals surface area contributed by atoms with Crippen molar-refractivity contribution in [2.24, 2.45) is 0 Å². The predicted octanol–water partition coefficient (Wildman–Crippen LogP) is 1.29. The van der Waals surface area contributed by atoms with Crippen molar-refractivity contribution in [2.75, 3.05) is 0 Å². The second-order valence-corrected chi connectivity index (χ2v) is 4.72. The number of carbonyl (C=O) groups excluding carboxylic acids is 1. The minimum atomic E-state index is -4.59. The van der Waals surface area contributed by atoms with E-state index in [9.17, 15) is 17.8 Å². The van der Waals surface area contributed by atoms with Crippen LogP contribution < -0.4 is 0 Å². The third-order valence-electron chi connectivity index (χ3n) is 2.00. The molecule has 0 spiro atoms. The fourth-order valence-corrected chi connectivity index (χ4v) is 2.37. The summed E-state index contributed by atoms with van der Waals surface area (Å²) in [6.07, 6.45) is 0.601. The van der Waals surface area contributed by atoms with Gasteiger partial charge in [0.05, 0.1) is 9.92 Å². The maximum absolute atomic E-state index is 10.8. The van der Waals surface area contributed by atoms with Gasteiger partial charge in [0.25, 0.3) is 0 Å². The van der Waals surface area contributed by atoms with Gasteiger partial charge in [0.1, 0.15) is 16.4 Å². The molecular formula is C9H8ClO4S-. The summed E-state index contributed by atoms with van der Waals surface area (Å²) in [6.45, 7) is 1.69. The first kappa shape index (κ1) is 12.2. The van der Waals surface area contributed by atoms with Crippen molar-refractivity contribution < 1.29 is 17.8 Å². The van der Waals surface area contributed by atoms with Crippen LogP contribution in [-0.4, -0.2) is 19.3 Å². The Bertz CT molecular complexity index is 493. The molecule has 0 fully saturated rings. The van der Waals surface area contributed by atoms with Crippen LogP contribution in [0.1, 0.15) is 11.1 Å². The molecule has 0 aromatic heterocycles. The van der Waals surface area contributed by atoms with E-state index in [0.717, 1.165) is 6.07 Å². The maximum Gasteiger partial charge on any atom is 0.125 e. The Labute approximate surface area is 92.6 Å². The van der Waals surface area contributed by atoms with Crippen molar-refractivity contribution in [1.82, 2.24) is 0 Å². The molecule has 1 aromatic rings. The second kappa shape index (κ2) is 4.30. The van der Waals surface area contributed by atoms with E-state index >= 15 is 0 Å². The quantitative estimate of drug-likeness (QED) is 0.596. The number of hydrogen-bond acceptors (Lipinski definition) is 4. The van der Waals surface area contributed by atoms with Crippen LogP contribution in [0, 0.1) is 6.92 Å². The number of hydrogen-bond donors (Lipinski definition) is 0. The van der Waals surface area contributed by atoms with Crippen molar-refractivity contribution in [2.45, 2.75) is 18.2 Å². The number of benzene rings is 1. The third kappa shape index (κ3) is 2.56. The first-order valence-corrected chi connectivity index (χ1v) is 5.84. The molecule has 0 unspecified atom stereocenters. The van der Waals surface area contributed by atoms with Crippen molar-refractivity contribution in [3.05, 3.63) is 28.3 Å². The fourth-order valence-electron chi connectivity index (χ4n) is 1.22. The van der Waals surface area contributed by atoms with Crippen LogP contribution in [0.2, 0.25) is 5.02 Å². The van der Waals surface area contributed by atoms with Crippen LogP contribution in [0.25, 0.3) is 0 Å². The summed E-state index contributed by atoms with van der Waals surface area (Å²) >= 11 is 5.74. The third-order valence-corrected chi connectivity index (χ3v) is 3.42. The van der Waals surface area contributed by atoms with Gasteiger partial charge in [-0.25, -0.2) is 8.42 Å². The van der Waals surface area contributed by atoms with Crippen molar-refractivity contribution in [3.63, 3.8) is 0 Å². The minimum Gasteiger partial charge on any atom is -0.744 e. The monoisotopic (exact) mass is 247 g/mol. The summed E-state index contributed by atoms with van der Waals surface area (Å²) in [4.78, 5) is 9.87. The number of rotatable bonds is 3. The van der Waals surface area contributed by atoms with E-state index in [4.69, 9.17) is 11.6 Å². The molecule has 0 saturated heterocycles. The Morgan fingerprint density at radius 3 is 2.53 bits per heavy atom. The molecule has 82 valence electrons. The van der Waals surface area contributed by atoms with Gasteiger partial charge in [0.15, 0.2) is 0 Å². The van der Waals surface area contributed by atoms with Crippen molar-refractivity contribution >= 4 is 28.0 Å². The number of carbonyl (C=O) groups is 1. The highest BCUT2D eigenvalue weighted by Crippen LogP contribution is 2.27. The zero-order chi connectivity index (χ0) is 11.6. The molecule has 1 aromatic carbocycles. The van der Waals surface area contributed by atoms with Gasteiger partial charge < -0.3 is 9.35 Å². The molecule has 0 radical (unpaired) electrons. The van der Waals surface area contributed by atoms with E-state index < -0.39 is 15.0 Å². The minimum absolute atomic E-state index is 0.00593. The van der Waals surface area contributed by atoms with Gasteiger partial charge in [-0.05, 0) is 24.1 Å². The molecular weight excluding hydrogens is 240 g/mol. The van der Waals surface area contributed by atoms with Crippen LogP contribution >= 0.6 is 11.6 Å². The van der Waals surface area contributed by atoms with Gasteiger partial charge in [-0.1, -0.05) is 17.7 Å². The molecule has 0 bridgehead atoms. The van der Waals surface area contributed by atoms with Crippen LogP contribution in [0.15, 0.2) is 17.0 Å². The Morgan fingerprint density at radius 1 is 1.47 bits per heavy atom. The summed E-state index contributed by atoms with van der Waals surface area (Å²) in [7, 11) is -4.59. The molecule has 1 rings (SSSR count). The molecule has 4 nitrogen and oxygen atoms in total. The van der Waals surface area contributed by atoms with Crippen LogP contribution in [0.5, 0.6) is 0 Å². The van der Waals surface area contributed by atoms with Gasteiger partial charge in [0.2, 0.25) is 0 Å². The van der Waals surface area contributed by atoms with Gasteiger partial charge in [-0.3, -0.25) is 0 Å². The zero-order valence-corrected chi connectivity index (χ0v) is 9.43. The van der Waals surface area contributed by atoms with E-state index in [1.54, 1.807) is 6.92 Å². The standard InChI is InChI=1S/C9H9ClO4S/c1-6-2-3-8(15(12,13)14)9(10)7(6)4-5-11/h2-3,5H,4H2,1H3,(H,12,13,14)/p-1. The van der Waals surface area contributed by atoms with Crippen LogP contribution in [0.3, 0.4) is 0 Å². The van der Waals surface area contributed by atoms with Crippen molar-refractivity contribution in [1.29, 1.82) is 0 Å². The second-order valence-electron chi connectivity index (χ2n) is 3.00. The first-order chi connectivity index (χ1) is 6.88. The molecule has 0 aliphatic carbocycles. The summed E-state index contributed by atoms with van der Waals surface area (Å²) in [6, 6.07) is 2.60. The van der Waals surface area contributed by atoms with E-state index in [0.29, 0.717) is 17.4 Å². The fraction of sp³-hybridized carbons (Fsp3) is 0.222. The average molecular weight is 248 g/mol. The first-order valence-electron chi connectivity index (χ1n) is 4.05. The molecule has 0 heterocycles. The predicted molar refractivity (Wildman–Crippen MR) is 53.9 cm³/mol. The highest BCUT2D eigenvalue weighted by atomic mass is 35.5. The normalized spacial score (nSPS) is 11.4. The SMILES string of the molecule is Cc1ccc(S(=O)(=O)[O-])c(Cl)c1CC=O. The largest absolute Gasteiger partial charge is 0.744 e. The Hall–Kier alpha value is -0.910. The zero-order valence-electron chi connectivity index (χ0n) is 7.86. The maximum atomic E-state index is 10.8. The van der Waals surface area contributed by atoms with Gasteiger partial charge in [-0.2, -0.15) is 0 Å². The molecule has 0 amide bonds. The molecule has 15 heavy (non-hydrogen) atoms. The van der Waals surface area contributed by atoms with Crippen molar-refractivity contribution in [3.8, 4) is 0 Å². The summed E-state index contributed by atoms with van der Waals surface area (Å²) in [5, 5.41) is -0.155. The lowest BCUT2D eigenvalue weighted by Gasteiger charge is -2.13. The highest BCUT2D eigenvalue weighted by molar-refractivity contribution is 7.85. The lowest BCUT2D eigenvalue weighted by Crippen LogP contribution is -2.03. The van der Waals surface area contributed by atoms with E-state index in [1.165, 1.54) is 6.07 Å². The topological polar surface area (TPSA) is 74.3 Å². The Morgan fingerprint density at radius 2 is 2.07 bits per heavy atom. The lowest BCUT2D eigenvalue weighted by atomic mass is 10.1. The Kier molecular flexibility index (Phi) is 3.49. The number of aryl methyl sites for hydroxylation is 1. The van der Waals surface area contributed by atoms with Gasteiger partial charge in [0, 0.05) is 6.42 Å². The summed E-state index contributed by atoms with van der Waals surface area (Å²) in [5.74, 6) is 0. The number of halogens is 1. The summed E-state index contributed by atoms with van der Waals surface area (Å²) < 4.78 is 32.4. The lowest BCUT2D eigenvalue weighted by molar-refractivity contribution is -0.107. The molecule has 0 atom stereocenters. The summed E-state index contributed by atoms with van der Waals surface area (Å²) in [5.41, 5.74) is 1.06. The average Bonchev–Trinajstić information content (AvgIpc) is 2.09. The van der Waals surface area contributed by atoms with E-state index in [1.807, 2.05) is 0 Å². The Balaban J connectivity index is 3.48. The van der Waals surface area contributed by atoms with E-state index in [-0.39, 0.29) is 11.4 Å². The smallest absolute Gasteiger partial charge is 0.125 e. The van der Waals surface area contributed by atoms with Gasteiger partial charge >= 0.3 is 0 Å². The molecule has 0 saturated carbocycles.